The summed E-state index contributed by atoms with van der Waals surface area (Å²) in [5, 5.41) is 30.3. The summed E-state index contributed by atoms with van der Waals surface area (Å²) >= 11 is 0. The standard InChI is InChI=1S/C14H11F5N2O8/c1-12(10(23)24,11(25)26)20-9(22)6-2-3-7(21(27)28)8(4-6)29-5-13(15,16)14(17,18)19/h2-4H,5H2,1H3,(H,20,22)(H,23,24)(H,25,26)/i1D3. The van der Waals surface area contributed by atoms with Gasteiger partial charge in [0.2, 0.25) is 5.54 Å². The first-order valence-corrected chi connectivity index (χ1v) is 6.93. The average molecular weight is 433 g/mol. The lowest BCUT2D eigenvalue weighted by molar-refractivity contribution is -0.386. The van der Waals surface area contributed by atoms with E-state index in [9.17, 15) is 46.5 Å². The number of aliphatic carboxylic acids is 2. The lowest BCUT2D eigenvalue weighted by Gasteiger charge is -2.22. The van der Waals surface area contributed by atoms with Crippen molar-refractivity contribution in [1.82, 2.24) is 5.32 Å². The summed E-state index contributed by atoms with van der Waals surface area (Å²) in [5.74, 6) is -13.6. The lowest BCUT2D eigenvalue weighted by Crippen LogP contribution is -2.57. The first kappa shape index (κ1) is 18.8. The Morgan fingerprint density at radius 1 is 1.21 bits per heavy atom. The van der Waals surface area contributed by atoms with E-state index < -0.39 is 70.9 Å². The lowest BCUT2D eigenvalue weighted by atomic mass is 10.0. The van der Waals surface area contributed by atoms with E-state index in [1.54, 1.807) is 0 Å². The number of carbonyl (C=O) groups is 3. The molecule has 0 radical (unpaired) electrons. The molecule has 15 heteroatoms. The molecule has 1 aromatic carbocycles. The molecule has 0 saturated carbocycles. The quantitative estimate of drug-likeness (QED) is 0.243. The number of nitrogens with one attached hydrogen (secondary N) is 1. The van der Waals surface area contributed by atoms with Crippen LogP contribution in [0, 0.1) is 10.1 Å². The molecule has 0 atom stereocenters. The summed E-state index contributed by atoms with van der Waals surface area (Å²) in [6.45, 7) is -6.30. The molecule has 0 aromatic heterocycles. The van der Waals surface area contributed by atoms with Gasteiger partial charge in [0.05, 0.1) is 4.92 Å². The minimum Gasteiger partial charge on any atom is -0.480 e. The van der Waals surface area contributed by atoms with Crippen molar-refractivity contribution in [2.24, 2.45) is 0 Å². The Balaban J connectivity index is 3.41. The van der Waals surface area contributed by atoms with Crippen molar-refractivity contribution >= 4 is 23.5 Å². The maximum Gasteiger partial charge on any atom is 0.456 e. The van der Waals surface area contributed by atoms with E-state index in [1.165, 1.54) is 5.32 Å². The third-order valence-corrected chi connectivity index (χ3v) is 3.19. The predicted octanol–water partition coefficient (Wildman–Crippen LogP) is 1.83. The van der Waals surface area contributed by atoms with Crippen LogP contribution in [0.15, 0.2) is 18.2 Å². The second-order valence-electron chi connectivity index (χ2n) is 5.24. The zero-order chi connectivity index (χ0) is 25.3. The maximum atomic E-state index is 13.0. The summed E-state index contributed by atoms with van der Waals surface area (Å²) < 4.78 is 88.4. The molecule has 1 amide bonds. The molecule has 0 aliphatic carbocycles. The first-order valence-electron chi connectivity index (χ1n) is 8.43. The molecular weight excluding hydrogens is 419 g/mol. The number of halogens is 5. The molecular formula is C14H11F5N2O8. The van der Waals surface area contributed by atoms with E-state index >= 15 is 0 Å². The van der Waals surface area contributed by atoms with Gasteiger partial charge in [0.25, 0.3) is 5.91 Å². The van der Waals surface area contributed by atoms with Crippen LogP contribution in [-0.2, 0) is 9.59 Å². The van der Waals surface area contributed by atoms with Gasteiger partial charge in [-0.1, -0.05) is 0 Å². The molecule has 0 bridgehead atoms. The zero-order valence-electron chi connectivity index (χ0n) is 16.6. The van der Waals surface area contributed by atoms with Crippen molar-refractivity contribution in [2.45, 2.75) is 24.5 Å². The molecule has 1 aromatic rings. The number of rotatable bonds is 8. The molecule has 0 saturated heterocycles. The number of hydrogen-bond donors (Lipinski definition) is 3. The normalized spacial score (nSPS) is 14.2. The summed E-state index contributed by atoms with van der Waals surface area (Å²) in [7, 11) is 0. The molecule has 0 fully saturated rings. The summed E-state index contributed by atoms with van der Waals surface area (Å²) in [5.41, 5.74) is -6.02. The predicted molar refractivity (Wildman–Crippen MR) is 80.7 cm³/mol. The van der Waals surface area contributed by atoms with Crippen molar-refractivity contribution in [3.05, 3.63) is 33.9 Å². The van der Waals surface area contributed by atoms with Gasteiger partial charge in [-0.3, -0.25) is 14.9 Å². The number of nitrogens with zero attached hydrogens (tertiary/aromatic N) is 1. The number of amides is 1. The molecule has 0 heterocycles. The largest absolute Gasteiger partial charge is 0.480 e. The third kappa shape index (κ3) is 5.05. The highest BCUT2D eigenvalue weighted by Crippen LogP contribution is 2.37. The Morgan fingerprint density at radius 3 is 2.17 bits per heavy atom. The van der Waals surface area contributed by atoms with E-state index in [-0.39, 0.29) is 6.07 Å². The molecule has 1 rings (SSSR count). The van der Waals surface area contributed by atoms with Crippen LogP contribution in [0.5, 0.6) is 5.75 Å². The van der Waals surface area contributed by atoms with Crippen molar-refractivity contribution in [3.8, 4) is 5.75 Å². The topological polar surface area (TPSA) is 156 Å². The van der Waals surface area contributed by atoms with E-state index in [1.807, 2.05) is 0 Å². The van der Waals surface area contributed by atoms with Gasteiger partial charge in [-0.05, 0) is 12.9 Å². The van der Waals surface area contributed by atoms with E-state index in [2.05, 4.69) is 4.74 Å². The molecule has 0 aliphatic heterocycles. The summed E-state index contributed by atoms with van der Waals surface area (Å²) in [6.07, 6.45) is -6.08. The number of carbonyl (C=O) groups excluding carboxylic acids is 1. The van der Waals surface area contributed by atoms with Crippen LogP contribution in [0.2, 0.25) is 0 Å². The smallest absolute Gasteiger partial charge is 0.456 e. The maximum absolute atomic E-state index is 13.0. The highest BCUT2D eigenvalue weighted by atomic mass is 19.4. The van der Waals surface area contributed by atoms with Gasteiger partial charge in [0.15, 0.2) is 12.4 Å². The Bertz CT molecular complexity index is 937. The molecule has 0 unspecified atom stereocenters. The summed E-state index contributed by atoms with van der Waals surface area (Å²) in [4.78, 5) is 44.6. The monoisotopic (exact) mass is 433 g/mol. The molecule has 10 nitrogen and oxygen atoms in total. The Hall–Kier alpha value is -3.52. The third-order valence-electron chi connectivity index (χ3n) is 3.19. The fraction of sp³-hybridized carbons (Fsp3) is 0.357. The highest BCUT2D eigenvalue weighted by Gasteiger charge is 2.58. The van der Waals surface area contributed by atoms with Crippen LogP contribution >= 0.6 is 0 Å². The van der Waals surface area contributed by atoms with Crippen molar-refractivity contribution in [3.63, 3.8) is 0 Å². The van der Waals surface area contributed by atoms with Crippen molar-refractivity contribution in [1.29, 1.82) is 0 Å². The van der Waals surface area contributed by atoms with Crippen molar-refractivity contribution in [2.75, 3.05) is 6.61 Å². The van der Waals surface area contributed by atoms with Crippen LogP contribution in [0.1, 0.15) is 21.3 Å². The van der Waals surface area contributed by atoms with Gasteiger partial charge in [0.1, 0.15) is 0 Å². The zero-order valence-corrected chi connectivity index (χ0v) is 13.6. The van der Waals surface area contributed by atoms with E-state index in [0.717, 1.165) is 0 Å². The SMILES string of the molecule is [2H]C([2H])([2H])C(NC(=O)c1ccc([N+](=O)[O-])c(OCC(F)(F)C(F)(F)F)c1)(C(=O)O)C(=O)O. The fourth-order valence-corrected chi connectivity index (χ4v) is 1.61. The van der Waals surface area contributed by atoms with Crippen LogP contribution in [-0.4, -0.2) is 57.2 Å². The number of carboxylic acid groups (broad SMARTS) is 2. The number of benzene rings is 1. The minimum atomic E-state index is -6.08. The Labute approximate surface area is 161 Å². The Kier molecular flexibility index (Phi) is 5.09. The van der Waals surface area contributed by atoms with Gasteiger partial charge in [-0.25, -0.2) is 9.59 Å². The number of nitro benzene ring substituents is 1. The number of alkyl halides is 5. The van der Waals surface area contributed by atoms with Gasteiger partial charge >= 0.3 is 29.7 Å². The van der Waals surface area contributed by atoms with Crippen LogP contribution in [0.3, 0.4) is 0 Å². The Morgan fingerprint density at radius 2 is 1.76 bits per heavy atom. The number of ether oxygens (including phenoxy) is 1. The van der Waals surface area contributed by atoms with Crippen LogP contribution in [0.4, 0.5) is 27.6 Å². The van der Waals surface area contributed by atoms with Gasteiger partial charge < -0.3 is 20.3 Å². The number of hydrogen-bond acceptors (Lipinski definition) is 6. The summed E-state index contributed by atoms with van der Waals surface area (Å²) in [6, 6.07) is 1.15. The van der Waals surface area contributed by atoms with Crippen molar-refractivity contribution < 1.29 is 60.3 Å². The average Bonchev–Trinajstić information content (AvgIpc) is 2.61. The van der Waals surface area contributed by atoms with Gasteiger partial charge in [0, 0.05) is 21.8 Å². The van der Waals surface area contributed by atoms with E-state index in [0.29, 0.717) is 12.1 Å². The number of carboxylic acids is 2. The van der Waals surface area contributed by atoms with E-state index in [4.69, 9.17) is 14.3 Å². The van der Waals surface area contributed by atoms with Crippen LogP contribution in [0.25, 0.3) is 0 Å². The second kappa shape index (κ2) is 7.84. The van der Waals surface area contributed by atoms with Gasteiger partial charge in [-0.2, -0.15) is 22.0 Å². The molecule has 29 heavy (non-hydrogen) atoms. The number of nitro groups is 1. The minimum absolute atomic E-state index is 0.230. The van der Waals surface area contributed by atoms with Crippen LogP contribution < -0.4 is 10.1 Å². The molecule has 0 aliphatic rings. The highest BCUT2D eigenvalue weighted by molar-refractivity contribution is 6.08. The first-order chi connectivity index (χ1) is 14.3. The fourth-order valence-electron chi connectivity index (χ4n) is 1.61. The molecule has 3 N–H and O–H groups in total. The second-order valence-corrected chi connectivity index (χ2v) is 5.24. The molecule has 0 spiro atoms. The molecule has 160 valence electrons. The van der Waals surface area contributed by atoms with Gasteiger partial charge in [-0.15, -0.1) is 0 Å².